The summed E-state index contributed by atoms with van der Waals surface area (Å²) in [4.78, 5) is 11.9. The normalized spacial score (nSPS) is 10.4. The summed E-state index contributed by atoms with van der Waals surface area (Å²) in [6.45, 7) is -0.282. The molecule has 0 unspecified atom stereocenters. The van der Waals surface area contributed by atoms with E-state index in [1.165, 1.54) is 12.1 Å². The molecule has 0 aromatic heterocycles. The Morgan fingerprint density at radius 3 is 2.27 bits per heavy atom. The van der Waals surface area contributed by atoms with E-state index in [4.69, 9.17) is 62.7 Å². The highest BCUT2D eigenvalue weighted by atomic mass is 35.5. The highest BCUT2D eigenvalue weighted by Crippen LogP contribution is 2.34. The van der Waals surface area contributed by atoms with Gasteiger partial charge in [-0.2, -0.15) is 0 Å². The number of anilines is 1. The Balaban J connectivity index is 2.04. The van der Waals surface area contributed by atoms with Crippen molar-refractivity contribution >= 4 is 69.6 Å². The van der Waals surface area contributed by atoms with E-state index in [2.05, 4.69) is 5.32 Å². The van der Waals surface area contributed by atoms with Crippen LogP contribution in [-0.2, 0) is 4.79 Å². The molecule has 1 amide bonds. The number of nitrogens with one attached hydrogen (secondary N) is 1. The molecule has 2 rings (SSSR count). The molecule has 116 valence electrons. The van der Waals surface area contributed by atoms with Gasteiger partial charge in [0.25, 0.3) is 5.91 Å². The summed E-state index contributed by atoms with van der Waals surface area (Å²) in [5.41, 5.74) is 0.263. The molecule has 0 aliphatic rings. The minimum Gasteiger partial charge on any atom is -0.482 e. The lowest BCUT2D eigenvalue weighted by Crippen LogP contribution is -2.20. The van der Waals surface area contributed by atoms with Crippen LogP contribution in [0, 0.1) is 0 Å². The van der Waals surface area contributed by atoms with Gasteiger partial charge in [-0.1, -0.05) is 64.1 Å². The van der Waals surface area contributed by atoms with E-state index in [1.54, 1.807) is 18.2 Å². The number of ether oxygens (including phenoxy) is 1. The Morgan fingerprint density at radius 2 is 1.64 bits per heavy atom. The van der Waals surface area contributed by atoms with Crippen molar-refractivity contribution in [1.82, 2.24) is 0 Å². The summed E-state index contributed by atoms with van der Waals surface area (Å²) in [6, 6.07) is 7.82. The van der Waals surface area contributed by atoms with E-state index in [0.29, 0.717) is 15.8 Å². The lowest BCUT2D eigenvalue weighted by Gasteiger charge is -2.11. The molecule has 0 aliphatic heterocycles. The first-order chi connectivity index (χ1) is 10.4. The van der Waals surface area contributed by atoms with Crippen LogP contribution in [0.5, 0.6) is 5.75 Å². The molecule has 3 nitrogen and oxygen atoms in total. The van der Waals surface area contributed by atoms with Crippen molar-refractivity contribution < 1.29 is 9.53 Å². The van der Waals surface area contributed by atoms with Crippen molar-refractivity contribution in [2.45, 2.75) is 0 Å². The quantitative estimate of drug-likeness (QED) is 0.688. The average Bonchev–Trinajstić information content (AvgIpc) is 2.44. The number of amides is 1. The molecule has 0 saturated carbocycles. The fourth-order valence-electron chi connectivity index (χ4n) is 1.58. The number of halogens is 5. The molecule has 1 N–H and O–H groups in total. The summed E-state index contributed by atoms with van der Waals surface area (Å²) in [5, 5.41) is 3.95. The van der Waals surface area contributed by atoms with Gasteiger partial charge in [-0.3, -0.25) is 4.79 Å². The first-order valence-electron chi connectivity index (χ1n) is 5.89. The molecule has 0 radical (unpaired) electrons. The Bertz CT molecular complexity index is 697. The molecule has 0 spiro atoms. The molecule has 0 bridgehead atoms. The van der Waals surface area contributed by atoms with Crippen LogP contribution in [0.4, 0.5) is 5.69 Å². The molecule has 0 atom stereocenters. The maximum absolute atomic E-state index is 11.9. The van der Waals surface area contributed by atoms with E-state index in [9.17, 15) is 4.79 Å². The summed E-state index contributed by atoms with van der Waals surface area (Å²) >= 11 is 29.6. The van der Waals surface area contributed by atoms with Crippen LogP contribution < -0.4 is 10.1 Å². The van der Waals surface area contributed by atoms with E-state index >= 15 is 0 Å². The van der Waals surface area contributed by atoms with Crippen LogP contribution in [-0.4, -0.2) is 12.5 Å². The van der Waals surface area contributed by atoms with Crippen molar-refractivity contribution in [2.24, 2.45) is 0 Å². The van der Waals surface area contributed by atoms with Crippen LogP contribution in [0.15, 0.2) is 30.3 Å². The molecular weight excluding hydrogens is 391 g/mol. The van der Waals surface area contributed by atoms with Gasteiger partial charge in [0.15, 0.2) is 6.61 Å². The second kappa shape index (κ2) is 7.62. The Labute approximate surface area is 152 Å². The van der Waals surface area contributed by atoms with Gasteiger partial charge in [-0.05, 0) is 24.3 Å². The third-order valence-electron chi connectivity index (χ3n) is 2.55. The molecule has 22 heavy (non-hydrogen) atoms. The third-order valence-corrected chi connectivity index (χ3v) is 4.16. The monoisotopic (exact) mass is 397 g/mol. The standard InChI is InChI=1S/C14H8Cl5NO2/c15-7-4-9(17)14(10(18)5-7)20-12(21)6-22-11-3-1-2-8(16)13(11)19/h1-5H,6H2,(H,20,21). The van der Waals surface area contributed by atoms with Gasteiger partial charge in [0.2, 0.25) is 0 Å². The van der Waals surface area contributed by atoms with Crippen LogP contribution >= 0.6 is 58.0 Å². The summed E-state index contributed by atoms with van der Waals surface area (Å²) in [5.74, 6) is -0.153. The highest BCUT2D eigenvalue weighted by molar-refractivity contribution is 6.43. The Hall–Kier alpha value is -0.840. The van der Waals surface area contributed by atoms with Gasteiger partial charge in [0, 0.05) is 5.02 Å². The Kier molecular flexibility index (Phi) is 6.07. The van der Waals surface area contributed by atoms with Gasteiger partial charge in [0.1, 0.15) is 10.8 Å². The van der Waals surface area contributed by atoms with Crippen molar-refractivity contribution in [2.75, 3.05) is 11.9 Å². The lowest BCUT2D eigenvalue weighted by molar-refractivity contribution is -0.118. The minimum atomic E-state index is -0.456. The van der Waals surface area contributed by atoms with Gasteiger partial charge in [0.05, 0.1) is 20.8 Å². The number of hydrogen-bond acceptors (Lipinski definition) is 2. The number of carbonyl (C=O) groups excluding carboxylic acids is 1. The second-order valence-electron chi connectivity index (χ2n) is 4.13. The van der Waals surface area contributed by atoms with Gasteiger partial charge in [-0.25, -0.2) is 0 Å². The molecule has 0 saturated heterocycles. The van der Waals surface area contributed by atoms with Crippen molar-refractivity contribution in [3.05, 3.63) is 55.4 Å². The first-order valence-corrected chi connectivity index (χ1v) is 7.78. The number of benzene rings is 2. The van der Waals surface area contributed by atoms with Gasteiger partial charge in [-0.15, -0.1) is 0 Å². The topological polar surface area (TPSA) is 38.3 Å². The fraction of sp³-hybridized carbons (Fsp3) is 0.0714. The SMILES string of the molecule is O=C(COc1cccc(Cl)c1Cl)Nc1c(Cl)cc(Cl)cc1Cl. The molecule has 0 aliphatic carbocycles. The molecule has 2 aromatic carbocycles. The van der Waals surface area contributed by atoms with Crippen LogP contribution in [0.2, 0.25) is 25.1 Å². The van der Waals surface area contributed by atoms with E-state index in [0.717, 1.165) is 0 Å². The predicted octanol–water partition coefficient (Wildman–Crippen LogP) is 5.97. The molecule has 8 heteroatoms. The van der Waals surface area contributed by atoms with Gasteiger partial charge < -0.3 is 10.1 Å². The predicted molar refractivity (Wildman–Crippen MR) is 92.1 cm³/mol. The summed E-state index contributed by atoms with van der Waals surface area (Å²) in [7, 11) is 0. The average molecular weight is 399 g/mol. The second-order valence-corrected chi connectivity index (χ2v) is 6.17. The van der Waals surface area contributed by atoms with Crippen LogP contribution in [0.25, 0.3) is 0 Å². The van der Waals surface area contributed by atoms with Crippen molar-refractivity contribution in [1.29, 1.82) is 0 Å². The number of rotatable bonds is 4. The minimum absolute atomic E-state index is 0.228. The fourth-order valence-corrected chi connectivity index (χ4v) is 2.83. The largest absolute Gasteiger partial charge is 0.482 e. The zero-order valence-electron chi connectivity index (χ0n) is 10.8. The lowest BCUT2D eigenvalue weighted by atomic mass is 10.3. The van der Waals surface area contributed by atoms with E-state index < -0.39 is 5.91 Å². The molecule has 2 aromatic rings. The first kappa shape index (κ1) is 17.5. The maximum Gasteiger partial charge on any atom is 0.262 e. The molecule has 0 fully saturated rings. The van der Waals surface area contributed by atoms with Crippen molar-refractivity contribution in [3.8, 4) is 5.75 Å². The smallest absolute Gasteiger partial charge is 0.262 e. The van der Waals surface area contributed by atoms with Crippen LogP contribution in [0.1, 0.15) is 0 Å². The molecule has 0 heterocycles. The Morgan fingerprint density at radius 1 is 1.00 bits per heavy atom. The van der Waals surface area contributed by atoms with Crippen LogP contribution in [0.3, 0.4) is 0 Å². The highest BCUT2D eigenvalue weighted by Gasteiger charge is 2.13. The maximum atomic E-state index is 11.9. The third kappa shape index (κ3) is 4.34. The van der Waals surface area contributed by atoms with E-state index in [1.807, 2.05) is 0 Å². The van der Waals surface area contributed by atoms with Crippen molar-refractivity contribution in [3.63, 3.8) is 0 Å². The zero-order chi connectivity index (χ0) is 16.3. The summed E-state index contributed by atoms with van der Waals surface area (Å²) < 4.78 is 5.31. The number of carbonyl (C=O) groups is 1. The zero-order valence-corrected chi connectivity index (χ0v) is 14.6. The van der Waals surface area contributed by atoms with Gasteiger partial charge >= 0.3 is 0 Å². The number of hydrogen-bond donors (Lipinski definition) is 1. The molecular formula is C14H8Cl5NO2. The summed E-state index contributed by atoms with van der Waals surface area (Å²) in [6.07, 6.45) is 0. The van der Waals surface area contributed by atoms with E-state index in [-0.39, 0.29) is 27.4 Å².